The minimum absolute atomic E-state index is 0.671. The Bertz CT molecular complexity index is 58.7. The van der Waals surface area contributed by atoms with E-state index < -0.39 is 0 Å². The van der Waals surface area contributed by atoms with E-state index in [2.05, 4.69) is 18.5 Å². The summed E-state index contributed by atoms with van der Waals surface area (Å²) in [5.74, 6) is 0. The first kappa shape index (κ1) is 5.95. The molecule has 3 heteroatoms. The zero-order valence-corrected chi connectivity index (χ0v) is 6.44. The lowest BCUT2D eigenvalue weighted by atomic mass is 10.4. The van der Waals surface area contributed by atoms with Gasteiger partial charge in [0, 0.05) is 11.3 Å². The van der Waals surface area contributed by atoms with Gasteiger partial charge in [0.1, 0.15) is 0 Å². The number of hydrogen-bond acceptors (Lipinski definition) is 1. The van der Waals surface area contributed by atoms with Gasteiger partial charge in [-0.3, -0.25) is 0 Å². The molecule has 0 amide bonds. The fourth-order valence-corrected chi connectivity index (χ4v) is 1.08. The predicted octanol–water partition coefficient (Wildman–Crippen LogP) is 0.504. The van der Waals surface area contributed by atoms with E-state index in [1.807, 2.05) is 0 Å². The van der Waals surface area contributed by atoms with E-state index in [1.165, 1.54) is 0 Å². The second-order valence-corrected chi connectivity index (χ2v) is 3.58. The van der Waals surface area contributed by atoms with Crippen LogP contribution in [0.4, 0.5) is 0 Å². The van der Waals surface area contributed by atoms with Gasteiger partial charge >= 0.3 is 0 Å². The molecule has 1 nitrogen and oxygen atoms in total. The van der Waals surface area contributed by atoms with Gasteiger partial charge in [0.05, 0.1) is 13.2 Å². The van der Waals surface area contributed by atoms with E-state index in [0.717, 1.165) is 13.2 Å². The largest absolute Gasteiger partial charge is 0.380 e. The molecule has 1 fully saturated rings. The van der Waals surface area contributed by atoms with Crippen molar-refractivity contribution in [3.63, 3.8) is 0 Å². The highest BCUT2D eigenvalue weighted by Gasteiger charge is 2.18. The molecule has 0 saturated carbocycles. The Hall–Kier alpha value is 0.820. The third kappa shape index (κ3) is 1.35. The Balaban J connectivity index is 2.33. The van der Waals surface area contributed by atoms with Crippen molar-refractivity contribution in [2.45, 2.75) is 11.3 Å². The van der Waals surface area contributed by atoms with Gasteiger partial charge in [-0.05, 0) is 0 Å². The first-order valence-electron chi connectivity index (χ1n) is 2.39. The van der Waals surface area contributed by atoms with Crippen molar-refractivity contribution in [2.24, 2.45) is 0 Å². The maximum Gasteiger partial charge on any atom is 0.0535 e. The highest BCUT2D eigenvalue weighted by molar-refractivity contribution is 7.23. The summed E-state index contributed by atoms with van der Waals surface area (Å²) in [6, 6.07) is 0. The van der Waals surface area contributed by atoms with Crippen molar-refractivity contribution in [1.29, 1.82) is 0 Å². The van der Waals surface area contributed by atoms with Gasteiger partial charge in [-0.1, -0.05) is 0 Å². The second-order valence-electron chi connectivity index (χ2n) is 1.87. The Morgan fingerprint density at radius 1 is 1.14 bits per heavy atom. The molecule has 0 aromatic rings. The molecule has 0 bridgehead atoms. The van der Waals surface area contributed by atoms with Crippen molar-refractivity contribution in [3.8, 4) is 0 Å². The van der Waals surface area contributed by atoms with Gasteiger partial charge in [0.25, 0.3) is 0 Å². The van der Waals surface area contributed by atoms with Crippen LogP contribution < -0.4 is 0 Å². The monoisotopic (exact) mass is 136 g/mol. The summed E-state index contributed by atoms with van der Waals surface area (Å²) in [6.07, 6.45) is 0. The lowest BCUT2D eigenvalue weighted by Gasteiger charge is -2.01. The van der Waals surface area contributed by atoms with E-state index in [-0.39, 0.29) is 0 Å². The van der Waals surface area contributed by atoms with Crippen LogP contribution in [0.5, 0.6) is 0 Å². The van der Waals surface area contributed by atoms with Crippen molar-refractivity contribution in [2.75, 3.05) is 13.2 Å². The van der Waals surface area contributed by atoms with Gasteiger partial charge in [-0.2, -0.15) is 0 Å². The molecule has 1 rings (SSSR count). The maximum atomic E-state index is 5.13. The molecule has 1 aliphatic rings. The Labute approximate surface area is 48.6 Å². The van der Waals surface area contributed by atoms with E-state index >= 15 is 0 Å². The normalized spacial score (nSPS) is 42.0. The molecule has 0 radical (unpaired) electrons. The summed E-state index contributed by atoms with van der Waals surface area (Å²) >= 11 is 0. The van der Waals surface area contributed by atoms with Crippen LogP contribution in [0.15, 0.2) is 0 Å². The van der Waals surface area contributed by atoms with Gasteiger partial charge in [0.2, 0.25) is 0 Å². The van der Waals surface area contributed by atoms with Crippen LogP contribution in [0.25, 0.3) is 0 Å². The fourth-order valence-electron chi connectivity index (χ4n) is 0.587. The van der Waals surface area contributed by atoms with Crippen LogP contribution in [-0.4, -0.2) is 24.5 Å². The Morgan fingerprint density at radius 2 is 1.57 bits per heavy atom. The number of ether oxygens (including phenoxy) is 1. The standard InChI is InChI=1S/C4H10OP2/c6-3-1-5-2-4(3)7/h3-4H,1-2,6-7H2. The molecule has 4 atom stereocenters. The summed E-state index contributed by atoms with van der Waals surface area (Å²) in [6.45, 7) is 1.83. The van der Waals surface area contributed by atoms with Crippen LogP contribution in [0.1, 0.15) is 0 Å². The zero-order chi connectivity index (χ0) is 5.28. The van der Waals surface area contributed by atoms with Crippen LogP contribution in [0, 0.1) is 0 Å². The van der Waals surface area contributed by atoms with E-state index in [0.29, 0.717) is 11.3 Å². The van der Waals surface area contributed by atoms with Gasteiger partial charge in [-0.15, -0.1) is 18.5 Å². The molecule has 7 heavy (non-hydrogen) atoms. The highest BCUT2D eigenvalue weighted by atomic mass is 31.0. The molecule has 1 saturated heterocycles. The first-order chi connectivity index (χ1) is 3.30. The van der Waals surface area contributed by atoms with Gasteiger partial charge in [-0.25, -0.2) is 0 Å². The minimum Gasteiger partial charge on any atom is -0.380 e. The molecule has 0 N–H and O–H groups in total. The number of rotatable bonds is 0. The molecule has 0 spiro atoms. The molecule has 4 unspecified atom stereocenters. The van der Waals surface area contributed by atoms with E-state index in [4.69, 9.17) is 4.74 Å². The van der Waals surface area contributed by atoms with E-state index in [9.17, 15) is 0 Å². The molecule has 42 valence electrons. The second kappa shape index (κ2) is 2.40. The van der Waals surface area contributed by atoms with Gasteiger partial charge in [0.15, 0.2) is 0 Å². The maximum absolute atomic E-state index is 5.13. The van der Waals surface area contributed by atoms with E-state index in [1.54, 1.807) is 0 Å². The topological polar surface area (TPSA) is 9.23 Å². The molecule has 0 aromatic carbocycles. The molecule has 0 aliphatic carbocycles. The minimum atomic E-state index is 0.671. The average Bonchev–Trinajstić information content (AvgIpc) is 1.91. The third-order valence-corrected chi connectivity index (χ3v) is 2.99. The van der Waals surface area contributed by atoms with Crippen molar-refractivity contribution >= 4 is 18.5 Å². The quantitative estimate of drug-likeness (QED) is 0.441. The SMILES string of the molecule is PC1COCC1P. The fraction of sp³-hybridized carbons (Fsp3) is 1.00. The van der Waals surface area contributed by atoms with Crippen LogP contribution in [0.3, 0.4) is 0 Å². The van der Waals surface area contributed by atoms with Crippen LogP contribution in [0.2, 0.25) is 0 Å². The lowest BCUT2D eigenvalue weighted by Crippen LogP contribution is -2.08. The van der Waals surface area contributed by atoms with Crippen LogP contribution >= 0.6 is 18.5 Å². The molecular formula is C4H10OP2. The zero-order valence-electron chi connectivity index (χ0n) is 4.13. The summed E-state index contributed by atoms with van der Waals surface area (Å²) in [5.41, 5.74) is 1.34. The smallest absolute Gasteiger partial charge is 0.0535 e. The average molecular weight is 136 g/mol. The summed E-state index contributed by atoms with van der Waals surface area (Å²) in [4.78, 5) is 0. The Morgan fingerprint density at radius 3 is 1.71 bits per heavy atom. The highest BCUT2D eigenvalue weighted by Crippen LogP contribution is 2.20. The summed E-state index contributed by atoms with van der Waals surface area (Å²) in [5, 5.41) is 0. The third-order valence-electron chi connectivity index (χ3n) is 1.17. The summed E-state index contributed by atoms with van der Waals surface area (Å²) in [7, 11) is 5.53. The van der Waals surface area contributed by atoms with Crippen molar-refractivity contribution in [1.82, 2.24) is 0 Å². The number of hydrogen-bond donors (Lipinski definition) is 0. The summed E-state index contributed by atoms with van der Waals surface area (Å²) < 4.78 is 5.13. The van der Waals surface area contributed by atoms with Crippen molar-refractivity contribution in [3.05, 3.63) is 0 Å². The molecule has 1 aliphatic heterocycles. The molecule has 1 heterocycles. The van der Waals surface area contributed by atoms with Crippen LogP contribution in [-0.2, 0) is 4.74 Å². The lowest BCUT2D eigenvalue weighted by molar-refractivity contribution is 0.200. The Kier molecular flexibility index (Phi) is 2.04. The first-order valence-corrected chi connectivity index (χ1v) is 3.73. The molecule has 0 aromatic heterocycles. The van der Waals surface area contributed by atoms with Gasteiger partial charge < -0.3 is 4.74 Å². The predicted molar refractivity (Wildman–Crippen MR) is 37.8 cm³/mol. The van der Waals surface area contributed by atoms with Crippen molar-refractivity contribution < 1.29 is 4.74 Å². The molecular weight excluding hydrogens is 126 g/mol.